The number of nitrogens with one attached hydrogen (secondary N) is 1. The van der Waals surface area contributed by atoms with Crippen molar-refractivity contribution in [2.24, 2.45) is 0 Å². The number of para-hydroxylation sites is 1. The predicted molar refractivity (Wildman–Crippen MR) is 136 cm³/mol. The fourth-order valence-electron chi connectivity index (χ4n) is 3.52. The number of amides is 1. The van der Waals surface area contributed by atoms with Crippen LogP contribution in [0, 0.1) is 6.92 Å². The Bertz CT molecular complexity index is 1500. The van der Waals surface area contributed by atoms with Gasteiger partial charge in [-0.25, -0.2) is 13.1 Å². The van der Waals surface area contributed by atoms with E-state index >= 15 is 0 Å². The summed E-state index contributed by atoms with van der Waals surface area (Å²) >= 11 is 0. The van der Waals surface area contributed by atoms with Crippen molar-refractivity contribution < 1.29 is 13.2 Å². The molecule has 0 atom stereocenters. The van der Waals surface area contributed by atoms with Crippen LogP contribution in [0.1, 0.15) is 23.0 Å². The summed E-state index contributed by atoms with van der Waals surface area (Å²) in [4.78, 5) is 25.2. The first-order valence-electron chi connectivity index (χ1n) is 11.0. The summed E-state index contributed by atoms with van der Waals surface area (Å²) in [7, 11) is -3.79. The highest BCUT2D eigenvalue weighted by Gasteiger charge is 2.23. The fraction of sp³-hybridized carbons (Fsp3) is 0.115. The number of anilines is 2. The number of nitrogens with zero attached hydrogens (tertiary/aromatic N) is 3. The summed E-state index contributed by atoms with van der Waals surface area (Å²) in [5.74, 6) is -0.688. The minimum atomic E-state index is -3.79. The van der Waals surface area contributed by atoms with Crippen LogP contribution >= 0.6 is 0 Å². The number of rotatable bonds is 7. The average molecular weight is 489 g/mol. The van der Waals surface area contributed by atoms with E-state index in [-0.39, 0.29) is 17.1 Å². The molecule has 3 aromatic carbocycles. The normalized spacial score (nSPS) is 11.1. The molecule has 0 spiro atoms. The van der Waals surface area contributed by atoms with Crippen LogP contribution in [0.4, 0.5) is 11.4 Å². The molecule has 0 saturated heterocycles. The van der Waals surface area contributed by atoms with Crippen LogP contribution in [0.15, 0.2) is 101 Å². The minimum absolute atomic E-state index is 0.0840. The van der Waals surface area contributed by atoms with E-state index in [2.05, 4.69) is 10.4 Å². The van der Waals surface area contributed by atoms with Gasteiger partial charge in [-0.3, -0.25) is 13.9 Å². The molecule has 1 N–H and O–H groups in total. The highest BCUT2D eigenvalue weighted by molar-refractivity contribution is 7.92. The number of aryl methyl sites for hydroxylation is 1. The molecule has 0 bridgehead atoms. The first-order valence-corrected chi connectivity index (χ1v) is 12.4. The Morgan fingerprint density at radius 1 is 0.943 bits per heavy atom. The maximum Gasteiger partial charge on any atom is 0.280 e. The minimum Gasteiger partial charge on any atom is -0.320 e. The zero-order valence-corrected chi connectivity index (χ0v) is 20.1. The molecule has 35 heavy (non-hydrogen) atoms. The van der Waals surface area contributed by atoms with Gasteiger partial charge in [0.25, 0.3) is 15.9 Å². The second kappa shape index (κ2) is 9.94. The number of sulfonamides is 1. The van der Waals surface area contributed by atoms with Crippen LogP contribution in [0.2, 0.25) is 0 Å². The van der Waals surface area contributed by atoms with Gasteiger partial charge < -0.3 is 5.32 Å². The van der Waals surface area contributed by atoms with Crippen LogP contribution in [0.5, 0.6) is 0 Å². The molecule has 0 fully saturated rings. The van der Waals surface area contributed by atoms with Gasteiger partial charge in [-0.15, -0.1) is 0 Å². The average Bonchev–Trinajstić information content (AvgIpc) is 2.86. The molecule has 0 radical (unpaired) electrons. The summed E-state index contributed by atoms with van der Waals surface area (Å²) in [6.07, 6.45) is 1.50. The summed E-state index contributed by atoms with van der Waals surface area (Å²) < 4.78 is 29.0. The molecular weight excluding hydrogens is 464 g/mol. The topological polar surface area (TPSA) is 101 Å². The lowest BCUT2D eigenvalue weighted by atomic mass is 10.2. The molecule has 8 nitrogen and oxygen atoms in total. The third-order valence-electron chi connectivity index (χ3n) is 5.35. The monoisotopic (exact) mass is 488 g/mol. The fourth-order valence-corrected chi connectivity index (χ4v) is 4.99. The van der Waals surface area contributed by atoms with Crippen molar-refractivity contribution in [3.05, 3.63) is 113 Å². The molecule has 9 heteroatoms. The van der Waals surface area contributed by atoms with Crippen molar-refractivity contribution in [3.63, 3.8) is 0 Å². The van der Waals surface area contributed by atoms with Gasteiger partial charge in [0, 0.05) is 24.5 Å². The lowest BCUT2D eigenvalue weighted by Crippen LogP contribution is -2.30. The van der Waals surface area contributed by atoms with Crippen molar-refractivity contribution in [1.29, 1.82) is 0 Å². The highest BCUT2D eigenvalue weighted by atomic mass is 32.2. The molecule has 0 saturated carbocycles. The van der Waals surface area contributed by atoms with Crippen molar-refractivity contribution >= 4 is 27.3 Å². The molecule has 4 aromatic rings. The van der Waals surface area contributed by atoms with Crippen molar-refractivity contribution in [3.8, 4) is 5.69 Å². The van der Waals surface area contributed by atoms with Crippen LogP contribution in [0.25, 0.3) is 5.69 Å². The van der Waals surface area contributed by atoms with Crippen molar-refractivity contribution in [2.45, 2.75) is 18.7 Å². The van der Waals surface area contributed by atoms with Crippen LogP contribution < -0.4 is 15.1 Å². The molecule has 1 amide bonds. The van der Waals surface area contributed by atoms with E-state index in [1.165, 1.54) is 45.5 Å². The zero-order valence-electron chi connectivity index (χ0n) is 19.3. The van der Waals surface area contributed by atoms with Crippen molar-refractivity contribution in [2.75, 3.05) is 16.2 Å². The molecule has 1 aromatic heterocycles. The van der Waals surface area contributed by atoms with Crippen LogP contribution in [-0.2, 0) is 10.0 Å². The molecule has 4 rings (SSSR count). The van der Waals surface area contributed by atoms with Gasteiger partial charge in [0.2, 0.25) is 5.43 Å². The zero-order chi connectivity index (χ0) is 25.0. The van der Waals surface area contributed by atoms with E-state index in [4.69, 9.17) is 0 Å². The third-order valence-corrected chi connectivity index (χ3v) is 7.27. The van der Waals surface area contributed by atoms with E-state index in [0.717, 1.165) is 5.56 Å². The first kappa shape index (κ1) is 23.9. The SMILES string of the molecule is CCN(c1ccccc1)S(=O)(=O)c1ccc(NC(=O)c2nn(-c3ccc(C)cc3)ccc2=O)cc1. The van der Waals surface area contributed by atoms with Gasteiger partial charge in [-0.05, 0) is 62.4 Å². The smallest absolute Gasteiger partial charge is 0.280 e. The number of carbonyl (C=O) groups is 1. The highest BCUT2D eigenvalue weighted by Crippen LogP contribution is 2.24. The molecule has 0 aliphatic heterocycles. The molecule has 1 heterocycles. The molecular formula is C26H24N4O4S. The van der Waals surface area contributed by atoms with Gasteiger partial charge in [0.15, 0.2) is 5.69 Å². The number of aromatic nitrogens is 2. The number of carbonyl (C=O) groups excluding carboxylic acids is 1. The Kier molecular flexibility index (Phi) is 6.79. The van der Waals surface area contributed by atoms with Gasteiger partial charge in [-0.2, -0.15) is 5.10 Å². The second-order valence-electron chi connectivity index (χ2n) is 7.79. The number of benzene rings is 3. The Labute approximate surface area is 203 Å². The van der Waals surface area contributed by atoms with Gasteiger partial charge in [0.05, 0.1) is 16.3 Å². The van der Waals surface area contributed by atoms with Gasteiger partial charge in [0.1, 0.15) is 0 Å². The van der Waals surface area contributed by atoms with Crippen LogP contribution in [-0.4, -0.2) is 30.7 Å². The molecule has 178 valence electrons. The summed E-state index contributed by atoms with van der Waals surface area (Å²) in [5, 5.41) is 6.80. The molecule has 0 aliphatic rings. The maximum absolute atomic E-state index is 13.1. The molecule has 0 aliphatic carbocycles. The molecule has 0 unspecified atom stereocenters. The summed E-state index contributed by atoms with van der Waals surface area (Å²) in [6.45, 7) is 3.98. The van der Waals surface area contributed by atoms with E-state index < -0.39 is 21.4 Å². The van der Waals surface area contributed by atoms with E-state index in [0.29, 0.717) is 17.1 Å². The Balaban J connectivity index is 1.55. The predicted octanol–water partition coefficient (Wildman–Crippen LogP) is 4.01. The lowest BCUT2D eigenvalue weighted by molar-refractivity contribution is 0.101. The van der Waals surface area contributed by atoms with Gasteiger partial charge >= 0.3 is 0 Å². The summed E-state index contributed by atoms with van der Waals surface area (Å²) in [5.41, 5.74) is 1.88. The summed E-state index contributed by atoms with van der Waals surface area (Å²) in [6, 6.07) is 23.4. The van der Waals surface area contributed by atoms with Gasteiger partial charge in [-0.1, -0.05) is 35.9 Å². The van der Waals surface area contributed by atoms with Crippen LogP contribution in [0.3, 0.4) is 0 Å². The lowest BCUT2D eigenvalue weighted by Gasteiger charge is -2.23. The number of hydrogen-bond acceptors (Lipinski definition) is 5. The van der Waals surface area contributed by atoms with E-state index in [1.54, 1.807) is 31.2 Å². The Morgan fingerprint density at radius 2 is 1.60 bits per heavy atom. The van der Waals surface area contributed by atoms with E-state index in [9.17, 15) is 18.0 Å². The second-order valence-corrected chi connectivity index (χ2v) is 9.65. The number of hydrogen-bond donors (Lipinski definition) is 1. The quantitative estimate of drug-likeness (QED) is 0.424. The Hall–Kier alpha value is -4.24. The van der Waals surface area contributed by atoms with Crippen molar-refractivity contribution in [1.82, 2.24) is 9.78 Å². The largest absolute Gasteiger partial charge is 0.320 e. The Morgan fingerprint density at radius 3 is 2.23 bits per heavy atom. The first-order chi connectivity index (χ1) is 16.8. The third kappa shape index (κ3) is 5.15. The van der Waals surface area contributed by atoms with E-state index in [1.807, 2.05) is 37.3 Å². The standard InChI is InChI=1S/C26H24N4O4S/c1-3-30(22-7-5-4-6-8-22)35(33,34)23-15-11-20(12-16-23)27-26(32)25-24(31)17-18-29(28-25)21-13-9-19(2)10-14-21/h4-18H,3H2,1-2H3,(H,27,32). The maximum atomic E-state index is 13.1.